The van der Waals surface area contributed by atoms with Crippen molar-refractivity contribution in [3.05, 3.63) is 12.2 Å². The van der Waals surface area contributed by atoms with Gasteiger partial charge in [0.05, 0.1) is 25.4 Å². The van der Waals surface area contributed by atoms with Crippen LogP contribution in [0, 0.1) is 0 Å². The Hall–Kier alpha value is -1.60. The van der Waals surface area contributed by atoms with Crippen LogP contribution in [0.15, 0.2) is 12.2 Å². The molecule has 0 spiro atoms. The lowest BCUT2D eigenvalue weighted by molar-refractivity contribution is -0.305. The molecule has 1 aliphatic heterocycles. The second kappa shape index (κ2) is 56.9. The summed E-state index contributed by atoms with van der Waals surface area (Å²) in [5.74, 6) is -1.17. The Labute approximate surface area is 487 Å². The van der Waals surface area contributed by atoms with Gasteiger partial charge in [-0.3, -0.25) is 9.59 Å². The Balaban J connectivity index is 2.56. The molecule has 468 valence electrons. The van der Waals surface area contributed by atoms with Crippen LogP contribution in [0.5, 0.6) is 0 Å². The highest BCUT2D eigenvalue weighted by Gasteiger charge is 2.47. The Morgan fingerprint density at radius 1 is 0.481 bits per heavy atom. The molecule has 1 heterocycles. The van der Waals surface area contributed by atoms with Gasteiger partial charge < -0.3 is 45.1 Å². The molecule has 0 bridgehead atoms. The normalized spacial score (nSPS) is 18.8. The summed E-state index contributed by atoms with van der Waals surface area (Å²) in [5, 5.41) is 57.1. The molecule has 79 heavy (non-hydrogen) atoms. The van der Waals surface area contributed by atoms with Gasteiger partial charge in [-0.25, -0.2) is 0 Å². The number of aliphatic hydroxyl groups is 5. The molecule has 0 saturated carbocycles. The quantitative estimate of drug-likeness (QED) is 0.0195. The highest BCUT2D eigenvalue weighted by atomic mass is 16.7. The fourth-order valence-corrected chi connectivity index (χ4v) is 11.2. The van der Waals surface area contributed by atoms with Gasteiger partial charge >= 0.3 is 5.97 Å². The topological polar surface area (TPSA) is 175 Å². The zero-order valence-corrected chi connectivity index (χ0v) is 52.0. The maximum absolute atomic E-state index is 13.5. The van der Waals surface area contributed by atoms with Gasteiger partial charge in [0.25, 0.3) is 0 Å². The van der Waals surface area contributed by atoms with Crippen LogP contribution >= 0.6 is 0 Å². The summed E-state index contributed by atoms with van der Waals surface area (Å²) in [6.07, 6.45) is 55.5. The number of hydrogen-bond acceptors (Lipinski definition) is 10. The van der Waals surface area contributed by atoms with Crippen LogP contribution in [-0.4, -0.2) is 99.6 Å². The number of carbonyl (C=O) groups is 2. The van der Waals surface area contributed by atoms with Crippen LogP contribution < -0.4 is 5.32 Å². The first-order valence-corrected chi connectivity index (χ1v) is 34.5. The number of unbranched alkanes of at least 4 members (excludes halogenated alkanes) is 46. The molecular weight excluding hydrogens is 991 g/mol. The number of rotatable bonds is 60. The first-order chi connectivity index (χ1) is 38.7. The number of ether oxygens (including phenoxy) is 3. The third-order valence-corrected chi connectivity index (χ3v) is 16.7. The highest BCUT2D eigenvalue weighted by molar-refractivity contribution is 5.80. The van der Waals surface area contributed by atoms with Crippen LogP contribution in [0.2, 0.25) is 0 Å². The van der Waals surface area contributed by atoms with Crippen molar-refractivity contribution in [2.24, 2.45) is 0 Å². The van der Waals surface area contributed by atoms with Crippen molar-refractivity contribution in [3.8, 4) is 0 Å². The summed E-state index contributed by atoms with van der Waals surface area (Å²) < 4.78 is 17.7. The standard InChI is InChI=1S/C68H131NO10/c1-4-7-10-13-16-19-22-25-27-28-29-30-31-32-33-34-35-36-37-40-43-46-49-52-55-61(72)67(76)69-59(60(71)54-51-48-45-42-39-24-21-18-15-12-9-6-3)58-77-68-66(65(75)64(74)62(57-70)78-68)79-63(73)56-53-50-47-44-41-38-26-23-20-17-14-11-8-5-2/h51,54,59-62,64-66,68,70-72,74-75H,4-50,52-53,55-58H2,1-3H3,(H,69,76)/b54-51+. The maximum atomic E-state index is 13.5. The van der Waals surface area contributed by atoms with E-state index >= 15 is 0 Å². The van der Waals surface area contributed by atoms with Crippen LogP contribution in [0.1, 0.15) is 348 Å². The summed E-state index contributed by atoms with van der Waals surface area (Å²) in [4.78, 5) is 26.6. The van der Waals surface area contributed by atoms with Gasteiger partial charge in [-0.1, -0.05) is 328 Å². The predicted molar refractivity (Wildman–Crippen MR) is 329 cm³/mol. The third kappa shape index (κ3) is 44.6. The van der Waals surface area contributed by atoms with E-state index in [2.05, 4.69) is 26.1 Å². The van der Waals surface area contributed by atoms with Gasteiger partial charge in [-0.05, 0) is 25.7 Å². The van der Waals surface area contributed by atoms with Gasteiger partial charge in [0.15, 0.2) is 12.4 Å². The van der Waals surface area contributed by atoms with E-state index in [-0.39, 0.29) is 13.0 Å². The molecule has 1 amide bonds. The molecule has 1 saturated heterocycles. The number of esters is 1. The fourth-order valence-electron chi connectivity index (χ4n) is 11.2. The Bertz CT molecular complexity index is 1340. The molecule has 1 rings (SSSR count). The van der Waals surface area contributed by atoms with Crippen molar-refractivity contribution >= 4 is 11.9 Å². The van der Waals surface area contributed by atoms with Gasteiger partial charge in [0, 0.05) is 6.42 Å². The fraction of sp³-hybridized carbons (Fsp3) is 0.941. The minimum Gasteiger partial charge on any atom is -0.454 e. The zero-order valence-electron chi connectivity index (χ0n) is 52.0. The van der Waals surface area contributed by atoms with E-state index in [0.717, 1.165) is 57.8 Å². The molecule has 8 unspecified atom stereocenters. The van der Waals surface area contributed by atoms with E-state index < -0.39 is 67.4 Å². The largest absolute Gasteiger partial charge is 0.454 e. The predicted octanol–water partition coefficient (Wildman–Crippen LogP) is 17.1. The van der Waals surface area contributed by atoms with Crippen LogP contribution in [-0.2, 0) is 23.8 Å². The molecule has 11 nitrogen and oxygen atoms in total. The minimum absolute atomic E-state index is 0.131. The molecule has 0 radical (unpaired) electrons. The van der Waals surface area contributed by atoms with E-state index in [1.165, 1.54) is 244 Å². The highest BCUT2D eigenvalue weighted by Crippen LogP contribution is 2.26. The Morgan fingerprint density at radius 2 is 0.823 bits per heavy atom. The number of hydrogen-bond donors (Lipinski definition) is 6. The molecule has 8 atom stereocenters. The van der Waals surface area contributed by atoms with E-state index in [9.17, 15) is 35.1 Å². The van der Waals surface area contributed by atoms with Crippen molar-refractivity contribution in [1.82, 2.24) is 5.32 Å². The molecule has 0 aromatic rings. The van der Waals surface area contributed by atoms with Crippen molar-refractivity contribution in [1.29, 1.82) is 0 Å². The summed E-state index contributed by atoms with van der Waals surface area (Å²) in [6, 6.07) is -1.02. The average Bonchev–Trinajstić information content (AvgIpc) is 3.47. The smallest absolute Gasteiger partial charge is 0.306 e. The number of amides is 1. The average molecular weight is 1120 g/mol. The zero-order chi connectivity index (χ0) is 57.5. The lowest BCUT2D eigenvalue weighted by atomic mass is 9.99. The molecule has 1 fully saturated rings. The second-order valence-corrected chi connectivity index (χ2v) is 24.3. The van der Waals surface area contributed by atoms with Crippen LogP contribution in [0.4, 0.5) is 0 Å². The first-order valence-electron chi connectivity index (χ1n) is 34.5. The molecule has 0 aromatic carbocycles. The number of carbonyl (C=O) groups excluding carboxylic acids is 2. The number of nitrogens with one attached hydrogen (secondary N) is 1. The van der Waals surface area contributed by atoms with Gasteiger partial charge in [0.1, 0.15) is 24.4 Å². The van der Waals surface area contributed by atoms with Gasteiger partial charge in [-0.2, -0.15) is 0 Å². The van der Waals surface area contributed by atoms with Crippen LogP contribution in [0.3, 0.4) is 0 Å². The summed E-state index contributed by atoms with van der Waals surface area (Å²) in [6.45, 7) is 5.84. The van der Waals surface area contributed by atoms with E-state index in [4.69, 9.17) is 14.2 Å². The minimum atomic E-state index is -1.61. The monoisotopic (exact) mass is 1120 g/mol. The summed E-state index contributed by atoms with van der Waals surface area (Å²) in [5.41, 5.74) is 0. The van der Waals surface area contributed by atoms with Crippen LogP contribution in [0.25, 0.3) is 0 Å². The van der Waals surface area contributed by atoms with E-state index in [1.54, 1.807) is 6.08 Å². The summed E-state index contributed by atoms with van der Waals surface area (Å²) >= 11 is 0. The van der Waals surface area contributed by atoms with E-state index in [0.29, 0.717) is 19.3 Å². The molecule has 0 aliphatic carbocycles. The summed E-state index contributed by atoms with van der Waals surface area (Å²) in [7, 11) is 0. The molecule has 0 aromatic heterocycles. The van der Waals surface area contributed by atoms with Crippen molar-refractivity contribution in [2.45, 2.75) is 397 Å². The SMILES string of the molecule is CCCCCCCCCCCC/C=C/C(O)C(COC1OC(CO)C(O)C(O)C1OC(=O)CCCCCCCCCCCCCCCC)NC(=O)C(O)CCCCCCCCCCCCCCCCCCCCCCCCCC. The second-order valence-electron chi connectivity index (χ2n) is 24.3. The number of allylic oxidation sites excluding steroid dienone is 1. The van der Waals surface area contributed by atoms with Crippen molar-refractivity contribution < 1.29 is 49.3 Å². The molecule has 1 aliphatic rings. The Kier molecular flexibility index (Phi) is 54.3. The number of aliphatic hydroxyl groups excluding tert-OH is 5. The first kappa shape index (κ1) is 75.4. The lowest BCUT2D eigenvalue weighted by Crippen LogP contribution is -2.61. The van der Waals surface area contributed by atoms with Crippen molar-refractivity contribution in [3.63, 3.8) is 0 Å². The Morgan fingerprint density at radius 3 is 1.19 bits per heavy atom. The van der Waals surface area contributed by atoms with E-state index in [1.807, 2.05) is 6.08 Å². The maximum Gasteiger partial charge on any atom is 0.306 e. The lowest BCUT2D eigenvalue weighted by Gasteiger charge is -2.41. The van der Waals surface area contributed by atoms with Gasteiger partial charge in [0.2, 0.25) is 5.91 Å². The van der Waals surface area contributed by atoms with Crippen molar-refractivity contribution in [2.75, 3.05) is 13.2 Å². The molecule has 11 heteroatoms. The van der Waals surface area contributed by atoms with Gasteiger partial charge in [-0.15, -0.1) is 0 Å². The molecule has 6 N–H and O–H groups in total. The molecular formula is C68H131NO10. The third-order valence-electron chi connectivity index (χ3n) is 16.7.